The van der Waals surface area contributed by atoms with Gasteiger partial charge in [-0.05, 0) is 42.3 Å². The van der Waals surface area contributed by atoms with Crippen LogP contribution in [0, 0.1) is 6.92 Å². The number of esters is 1. The topological polar surface area (TPSA) is 124 Å². The van der Waals surface area contributed by atoms with Crippen molar-refractivity contribution in [3.05, 3.63) is 41.7 Å². The second-order valence-electron chi connectivity index (χ2n) is 6.89. The van der Waals surface area contributed by atoms with Gasteiger partial charge in [0.15, 0.2) is 28.0 Å². The Labute approximate surface area is 174 Å². The fourth-order valence-electron chi connectivity index (χ4n) is 3.31. The van der Waals surface area contributed by atoms with Crippen LogP contribution in [-0.4, -0.2) is 76.1 Å². The number of hydrogen-bond acceptors (Lipinski definition) is 8. The molecule has 1 aromatic heterocycles. The van der Waals surface area contributed by atoms with Crippen molar-refractivity contribution in [2.24, 2.45) is 0 Å². The monoisotopic (exact) mass is 433 g/mol. The van der Waals surface area contributed by atoms with Crippen molar-refractivity contribution in [2.45, 2.75) is 26.3 Å². The van der Waals surface area contributed by atoms with E-state index in [1.807, 2.05) is 18.2 Å². The minimum Gasteiger partial charge on any atom is -0.451 e. The minimum absolute atomic E-state index is 0.0583. The second-order valence-corrected chi connectivity index (χ2v) is 9.12. The highest BCUT2D eigenvalue weighted by molar-refractivity contribution is 7.91. The van der Waals surface area contributed by atoms with E-state index in [0.29, 0.717) is 18.8 Å². The molecule has 1 aliphatic rings. The summed E-state index contributed by atoms with van der Waals surface area (Å²) in [5, 5.41) is 11.2. The van der Waals surface area contributed by atoms with Crippen LogP contribution in [0.25, 0.3) is 11.8 Å². The number of sulfone groups is 1. The van der Waals surface area contributed by atoms with Crippen molar-refractivity contribution >= 4 is 33.5 Å². The fraction of sp³-hybridized carbons (Fsp3) is 0.421. The molecule has 0 N–H and O–H groups in total. The maximum Gasteiger partial charge on any atom is 0.357 e. The van der Waals surface area contributed by atoms with Gasteiger partial charge >= 0.3 is 5.97 Å². The standard InChI is InChI=1S/C19H23N5O5S/c1-3-23(16-9-10-30(27,28)13-16)18(25)12-29-19(26)17(24-14(2)20-21-22-24)11-15-7-5-4-6-8-15/h4-8,11,16H,3,9-10,12-13H2,1-2H3/b17-11-/t16-/m0/s1. The van der Waals surface area contributed by atoms with Crippen molar-refractivity contribution in [2.75, 3.05) is 24.7 Å². The van der Waals surface area contributed by atoms with E-state index in [1.54, 1.807) is 32.1 Å². The third-order valence-corrected chi connectivity index (χ3v) is 6.55. The van der Waals surface area contributed by atoms with E-state index in [9.17, 15) is 18.0 Å². The third kappa shape index (κ3) is 5.09. The molecular formula is C19H23N5O5S. The summed E-state index contributed by atoms with van der Waals surface area (Å²) in [6.45, 7) is 3.22. The highest BCUT2D eigenvalue weighted by atomic mass is 32.2. The fourth-order valence-corrected chi connectivity index (χ4v) is 5.04. The number of amides is 1. The predicted molar refractivity (Wildman–Crippen MR) is 109 cm³/mol. The summed E-state index contributed by atoms with van der Waals surface area (Å²) in [5.41, 5.74) is 0.792. The Kier molecular flexibility index (Phi) is 6.60. The van der Waals surface area contributed by atoms with E-state index in [1.165, 1.54) is 9.58 Å². The van der Waals surface area contributed by atoms with Crippen molar-refractivity contribution in [1.29, 1.82) is 0 Å². The lowest BCUT2D eigenvalue weighted by atomic mass is 10.2. The number of carbonyl (C=O) groups excluding carboxylic acids is 2. The Morgan fingerprint density at radius 3 is 2.60 bits per heavy atom. The van der Waals surface area contributed by atoms with E-state index < -0.39 is 34.4 Å². The van der Waals surface area contributed by atoms with E-state index in [-0.39, 0.29) is 17.2 Å². The Morgan fingerprint density at radius 1 is 1.30 bits per heavy atom. The lowest BCUT2D eigenvalue weighted by Crippen LogP contribution is -2.43. The summed E-state index contributed by atoms with van der Waals surface area (Å²) in [6.07, 6.45) is 1.95. The lowest BCUT2D eigenvalue weighted by Gasteiger charge is -2.26. The molecule has 10 nitrogen and oxygen atoms in total. The maximum absolute atomic E-state index is 12.8. The number of likely N-dealkylation sites (N-methyl/N-ethyl adjacent to an activating group) is 1. The van der Waals surface area contributed by atoms with Crippen molar-refractivity contribution in [3.63, 3.8) is 0 Å². The molecule has 30 heavy (non-hydrogen) atoms. The Bertz CT molecular complexity index is 1050. The van der Waals surface area contributed by atoms with Gasteiger partial charge in [0.25, 0.3) is 5.91 Å². The molecule has 1 aliphatic heterocycles. The molecule has 0 radical (unpaired) electrons. The molecule has 1 atom stereocenters. The smallest absolute Gasteiger partial charge is 0.357 e. The number of ether oxygens (including phenoxy) is 1. The zero-order valence-electron chi connectivity index (χ0n) is 16.8. The number of aryl methyl sites for hydroxylation is 1. The van der Waals surface area contributed by atoms with Gasteiger partial charge in [-0.25, -0.2) is 13.2 Å². The summed E-state index contributed by atoms with van der Waals surface area (Å²) < 4.78 is 29.9. The first-order chi connectivity index (χ1) is 14.3. The average Bonchev–Trinajstić information content (AvgIpc) is 3.30. The molecule has 1 saturated heterocycles. The van der Waals surface area contributed by atoms with E-state index in [0.717, 1.165) is 5.56 Å². The van der Waals surface area contributed by atoms with Gasteiger partial charge in [-0.1, -0.05) is 30.3 Å². The van der Waals surface area contributed by atoms with Gasteiger partial charge in [-0.3, -0.25) is 4.79 Å². The molecule has 0 aliphatic carbocycles. The minimum atomic E-state index is -3.13. The highest BCUT2D eigenvalue weighted by Gasteiger charge is 2.34. The van der Waals surface area contributed by atoms with Crippen LogP contribution in [0.3, 0.4) is 0 Å². The van der Waals surface area contributed by atoms with Gasteiger partial charge in [0.1, 0.15) is 0 Å². The van der Waals surface area contributed by atoms with Crippen LogP contribution in [0.2, 0.25) is 0 Å². The molecule has 0 saturated carbocycles. The number of tetrazole rings is 1. The maximum atomic E-state index is 12.8. The number of benzene rings is 1. The van der Waals surface area contributed by atoms with Crippen LogP contribution < -0.4 is 0 Å². The molecule has 0 bridgehead atoms. The predicted octanol–water partition coefficient (Wildman–Crippen LogP) is 0.558. The summed E-state index contributed by atoms with van der Waals surface area (Å²) in [6, 6.07) is 8.69. The van der Waals surface area contributed by atoms with Crippen molar-refractivity contribution in [1.82, 2.24) is 25.1 Å². The number of rotatable bonds is 7. The molecule has 2 aromatic rings. The number of aromatic nitrogens is 4. The van der Waals surface area contributed by atoms with Crippen LogP contribution in [0.15, 0.2) is 30.3 Å². The van der Waals surface area contributed by atoms with Crippen LogP contribution in [0.1, 0.15) is 24.7 Å². The molecule has 1 aromatic carbocycles. The van der Waals surface area contributed by atoms with Gasteiger partial charge in [-0.2, -0.15) is 4.68 Å². The van der Waals surface area contributed by atoms with Crippen LogP contribution in [0.4, 0.5) is 0 Å². The Hall–Kier alpha value is -3.08. The quantitative estimate of drug-likeness (QED) is 0.458. The molecule has 11 heteroatoms. The van der Waals surface area contributed by atoms with Crippen LogP contribution >= 0.6 is 0 Å². The highest BCUT2D eigenvalue weighted by Crippen LogP contribution is 2.18. The van der Waals surface area contributed by atoms with Gasteiger partial charge < -0.3 is 9.64 Å². The van der Waals surface area contributed by atoms with E-state index >= 15 is 0 Å². The van der Waals surface area contributed by atoms with Crippen molar-refractivity contribution < 1.29 is 22.7 Å². The van der Waals surface area contributed by atoms with Gasteiger partial charge in [-0.15, -0.1) is 5.10 Å². The Balaban J connectivity index is 1.74. The second kappa shape index (κ2) is 9.16. The zero-order valence-corrected chi connectivity index (χ0v) is 17.6. The first-order valence-electron chi connectivity index (χ1n) is 9.50. The molecule has 1 amide bonds. The van der Waals surface area contributed by atoms with Gasteiger partial charge in [0.05, 0.1) is 11.5 Å². The zero-order chi connectivity index (χ0) is 21.7. The van der Waals surface area contributed by atoms with E-state index in [4.69, 9.17) is 4.74 Å². The molecule has 160 valence electrons. The largest absolute Gasteiger partial charge is 0.451 e. The normalized spacial score (nSPS) is 18.2. The summed E-state index contributed by atoms with van der Waals surface area (Å²) >= 11 is 0. The first-order valence-corrected chi connectivity index (χ1v) is 11.3. The average molecular weight is 433 g/mol. The van der Waals surface area contributed by atoms with Gasteiger partial charge in [0.2, 0.25) is 0 Å². The van der Waals surface area contributed by atoms with Crippen molar-refractivity contribution in [3.8, 4) is 0 Å². The number of carbonyl (C=O) groups is 2. The van der Waals surface area contributed by atoms with Crippen LogP contribution in [0.5, 0.6) is 0 Å². The molecule has 0 spiro atoms. The first kappa shape index (κ1) is 21.6. The number of hydrogen-bond donors (Lipinski definition) is 0. The lowest BCUT2D eigenvalue weighted by molar-refractivity contribution is -0.148. The molecule has 3 rings (SSSR count). The number of nitrogens with zero attached hydrogens (tertiary/aromatic N) is 5. The van der Waals surface area contributed by atoms with E-state index in [2.05, 4.69) is 15.5 Å². The SMILES string of the molecule is CCN(C(=O)COC(=O)/C(=C/c1ccccc1)n1nnnc1C)[C@H]1CCS(=O)(=O)C1. The van der Waals surface area contributed by atoms with Crippen LogP contribution in [-0.2, 0) is 24.2 Å². The summed E-state index contributed by atoms with van der Waals surface area (Å²) in [4.78, 5) is 26.8. The molecular weight excluding hydrogens is 410 g/mol. The molecule has 1 fully saturated rings. The van der Waals surface area contributed by atoms with Gasteiger partial charge in [0, 0.05) is 12.6 Å². The third-order valence-electron chi connectivity index (χ3n) is 4.80. The summed E-state index contributed by atoms with van der Waals surface area (Å²) in [5.74, 6) is -0.835. The molecule has 2 heterocycles. The Morgan fingerprint density at radius 2 is 2.03 bits per heavy atom. The summed E-state index contributed by atoms with van der Waals surface area (Å²) in [7, 11) is -3.13. The molecule has 0 unspecified atom stereocenters.